The van der Waals surface area contributed by atoms with Crippen molar-refractivity contribution in [2.45, 2.75) is 44.8 Å². The highest BCUT2D eigenvalue weighted by Crippen LogP contribution is 2.16. The summed E-state index contributed by atoms with van der Waals surface area (Å²) in [7, 11) is 0. The third-order valence-electron chi connectivity index (χ3n) is 5.51. The van der Waals surface area contributed by atoms with E-state index in [1.165, 1.54) is 9.80 Å². The lowest BCUT2D eigenvalue weighted by molar-refractivity contribution is -0.133. The van der Waals surface area contributed by atoms with E-state index in [2.05, 4.69) is 16.0 Å². The molecule has 0 unspecified atom stereocenters. The molecule has 2 aliphatic heterocycles. The minimum absolute atomic E-state index is 0.00449. The van der Waals surface area contributed by atoms with Crippen molar-refractivity contribution in [2.24, 2.45) is 0 Å². The standard InChI is InChI=1S/C22H28N6O4/c1-14(2)25-22(32)28-11-10-27(21(31)16-7-5-15(12-23)6-8-16)13-18(28)20(30)26-17-4-3-9-24-19(17)29/h5-8,14,17-18H,3-4,9-11,13H2,1-2H3,(H,24,29)(H,25,32)(H,26,30)/t17-,18+/m1/s1. The van der Waals surface area contributed by atoms with E-state index in [-0.39, 0.29) is 37.5 Å². The summed E-state index contributed by atoms with van der Waals surface area (Å²) in [4.78, 5) is 53.8. The lowest BCUT2D eigenvalue weighted by Crippen LogP contribution is -2.65. The van der Waals surface area contributed by atoms with Gasteiger partial charge in [-0.2, -0.15) is 5.26 Å². The highest BCUT2D eigenvalue weighted by molar-refractivity contribution is 5.96. The van der Waals surface area contributed by atoms with Crippen molar-refractivity contribution >= 4 is 23.8 Å². The molecule has 170 valence electrons. The van der Waals surface area contributed by atoms with Crippen molar-refractivity contribution in [3.63, 3.8) is 0 Å². The Hall–Kier alpha value is -3.61. The van der Waals surface area contributed by atoms with Gasteiger partial charge in [0.2, 0.25) is 11.8 Å². The van der Waals surface area contributed by atoms with Crippen LogP contribution in [0.25, 0.3) is 0 Å². The molecule has 10 nitrogen and oxygen atoms in total. The van der Waals surface area contributed by atoms with Crippen LogP contribution in [-0.4, -0.2) is 77.9 Å². The molecule has 2 aliphatic rings. The van der Waals surface area contributed by atoms with Gasteiger partial charge in [0.1, 0.15) is 12.1 Å². The van der Waals surface area contributed by atoms with Crippen LogP contribution >= 0.6 is 0 Å². The number of nitrogens with zero attached hydrogens (tertiary/aromatic N) is 3. The molecule has 2 fully saturated rings. The molecule has 1 aromatic carbocycles. The molecule has 0 radical (unpaired) electrons. The Morgan fingerprint density at radius 3 is 2.53 bits per heavy atom. The number of piperazine rings is 1. The Balaban J connectivity index is 1.77. The molecule has 0 aromatic heterocycles. The summed E-state index contributed by atoms with van der Waals surface area (Å²) >= 11 is 0. The van der Waals surface area contributed by atoms with Gasteiger partial charge in [-0.3, -0.25) is 14.4 Å². The molecule has 32 heavy (non-hydrogen) atoms. The second kappa shape index (κ2) is 10.1. The smallest absolute Gasteiger partial charge is 0.318 e. The molecule has 10 heteroatoms. The maximum atomic E-state index is 13.1. The second-order valence-electron chi connectivity index (χ2n) is 8.25. The third kappa shape index (κ3) is 5.35. The number of carbonyl (C=O) groups excluding carboxylic acids is 4. The molecule has 2 saturated heterocycles. The topological polar surface area (TPSA) is 135 Å². The van der Waals surface area contributed by atoms with Crippen molar-refractivity contribution < 1.29 is 19.2 Å². The lowest BCUT2D eigenvalue weighted by Gasteiger charge is -2.41. The summed E-state index contributed by atoms with van der Waals surface area (Å²) in [6.07, 6.45) is 1.28. The van der Waals surface area contributed by atoms with E-state index in [0.29, 0.717) is 24.1 Å². The fourth-order valence-electron chi connectivity index (χ4n) is 3.81. The van der Waals surface area contributed by atoms with E-state index in [1.54, 1.807) is 24.3 Å². The molecule has 2 heterocycles. The number of urea groups is 1. The fourth-order valence-corrected chi connectivity index (χ4v) is 3.81. The molecule has 0 aliphatic carbocycles. The molecule has 2 atom stereocenters. The van der Waals surface area contributed by atoms with Crippen LogP contribution in [0.2, 0.25) is 0 Å². The Morgan fingerprint density at radius 2 is 1.91 bits per heavy atom. The number of amides is 5. The van der Waals surface area contributed by atoms with Gasteiger partial charge in [0.25, 0.3) is 5.91 Å². The average molecular weight is 441 g/mol. The number of nitriles is 1. The number of nitrogens with one attached hydrogen (secondary N) is 3. The van der Waals surface area contributed by atoms with Crippen LogP contribution < -0.4 is 16.0 Å². The molecule has 0 spiro atoms. The normalized spacial score (nSPS) is 20.9. The summed E-state index contributed by atoms with van der Waals surface area (Å²) in [5, 5.41) is 17.2. The molecule has 0 saturated carbocycles. The first-order chi connectivity index (χ1) is 15.3. The lowest BCUT2D eigenvalue weighted by atomic mass is 10.0. The maximum absolute atomic E-state index is 13.1. The van der Waals surface area contributed by atoms with Gasteiger partial charge >= 0.3 is 6.03 Å². The first kappa shape index (κ1) is 23.1. The number of carbonyl (C=O) groups is 4. The molecular weight excluding hydrogens is 412 g/mol. The zero-order chi connectivity index (χ0) is 23.3. The van der Waals surface area contributed by atoms with Gasteiger partial charge in [-0.25, -0.2) is 4.79 Å². The van der Waals surface area contributed by atoms with Crippen molar-refractivity contribution in [1.82, 2.24) is 25.8 Å². The predicted molar refractivity (Wildman–Crippen MR) is 115 cm³/mol. The van der Waals surface area contributed by atoms with E-state index < -0.39 is 24.0 Å². The second-order valence-corrected chi connectivity index (χ2v) is 8.25. The fraction of sp³-hybridized carbons (Fsp3) is 0.500. The van der Waals surface area contributed by atoms with Crippen molar-refractivity contribution in [3.05, 3.63) is 35.4 Å². The minimum Gasteiger partial charge on any atom is -0.354 e. The first-order valence-corrected chi connectivity index (χ1v) is 10.7. The van der Waals surface area contributed by atoms with E-state index in [1.807, 2.05) is 19.9 Å². The summed E-state index contributed by atoms with van der Waals surface area (Å²) in [5.74, 6) is -1.00. The Kier molecular flexibility index (Phi) is 7.30. The summed E-state index contributed by atoms with van der Waals surface area (Å²) in [6.45, 7) is 4.66. The van der Waals surface area contributed by atoms with Gasteiger partial charge in [0, 0.05) is 31.2 Å². The van der Waals surface area contributed by atoms with Gasteiger partial charge in [0.05, 0.1) is 18.2 Å². The third-order valence-corrected chi connectivity index (χ3v) is 5.51. The van der Waals surface area contributed by atoms with Crippen LogP contribution in [-0.2, 0) is 9.59 Å². The number of hydrogen-bond acceptors (Lipinski definition) is 5. The highest BCUT2D eigenvalue weighted by Gasteiger charge is 2.39. The summed E-state index contributed by atoms with van der Waals surface area (Å²) < 4.78 is 0. The van der Waals surface area contributed by atoms with E-state index >= 15 is 0 Å². The molecule has 0 bridgehead atoms. The van der Waals surface area contributed by atoms with Crippen LogP contribution in [0, 0.1) is 11.3 Å². The first-order valence-electron chi connectivity index (χ1n) is 10.7. The zero-order valence-corrected chi connectivity index (χ0v) is 18.3. The van der Waals surface area contributed by atoms with Gasteiger partial charge in [-0.05, 0) is 51.0 Å². The average Bonchev–Trinajstić information content (AvgIpc) is 2.79. The minimum atomic E-state index is -0.931. The van der Waals surface area contributed by atoms with Crippen LogP contribution in [0.1, 0.15) is 42.6 Å². The molecule has 3 rings (SSSR count). The van der Waals surface area contributed by atoms with E-state index in [0.717, 1.165) is 6.42 Å². The highest BCUT2D eigenvalue weighted by atomic mass is 16.2. The van der Waals surface area contributed by atoms with E-state index in [9.17, 15) is 19.2 Å². The van der Waals surface area contributed by atoms with Gasteiger partial charge in [0.15, 0.2) is 0 Å². The SMILES string of the molecule is CC(C)NC(=O)N1CCN(C(=O)c2ccc(C#N)cc2)C[C@H]1C(=O)N[C@@H]1CCCNC1=O. The number of rotatable bonds is 4. The van der Waals surface area contributed by atoms with Gasteiger partial charge in [-0.15, -0.1) is 0 Å². The van der Waals surface area contributed by atoms with Crippen LogP contribution in [0.5, 0.6) is 0 Å². The summed E-state index contributed by atoms with van der Waals surface area (Å²) in [5.41, 5.74) is 0.842. The van der Waals surface area contributed by atoms with Crippen LogP contribution in [0.15, 0.2) is 24.3 Å². The largest absolute Gasteiger partial charge is 0.354 e. The Morgan fingerprint density at radius 1 is 1.19 bits per heavy atom. The van der Waals surface area contributed by atoms with Crippen LogP contribution in [0.3, 0.4) is 0 Å². The van der Waals surface area contributed by atoms with Crippen molar-refractivity contribution in [2.75, 3.05) is 26.2 Å². The Labute approximate surface area is 186 Å². The monoisotopic (exact) mass is 440 g/mol. The van der Waals surface area contributed by atoms with Crippen molar-refractivity contribution in [3.8, 4) is 6.07 Å². The number of hydrogen-bond donors (Lipinski definition) is 3. The summed E-state index contributed by atoms with van der Waals surface area (Å²) in [6, 6.07) is 6.18. The van der Waals surface area contributed by atoms with Crippen molar-refractivity contribution in [1.29, 1.82) is 5.26 Å². The Bertz CT molecular complexity index is 923. The number of piperidine rings is 1. The molecular formula is C22H28N6O4. The zero-order valence-electron chi connectivity index (χ0n) is 18.3. The molecule has 5 amide bonds. The van der Waals surface area contributed by atoms with Gasteiger partial charge in [-0.1, -0.05) is 0 Å². The molecule has 1 aromatic rings. The van der Waals surface area contributed by atoms with Crippen LogP contribution in [0.4, 0.5) is 4.79 Å². The quantitative estimate of drug-likeness (QED) is 0.615. The molecule has 3 N–H and O–H groups in total. The number of benzene rings is 1. The predicted octanol–water partition coefficient (Wildman–Crippen LogP) is 0.197. The maximum Gasteiger partial charge on any atom is 0.318 e. The van der Waals surface area contributed by atoms with E-state index in [4.69, 9.17) is 5.26 Å². The van der Waals surface area contributed by atoms with Gasteiger partial charge < -0.3 is 25.8 Å².